The zero-order valence-corrected chi connectivity index (χ0v) is 20.1. The molecule has 186 valence electrons. The first kappa shape index (κ1) is 24.8. The molecule has 2 aliphatic carbocycles. The van der Waals surface area contributed by atoms with Crippen molar-refractivity contribution < 1.29 is 24.2 Å². The summed E-state index contributed by atoms with van der Waals surface area (Å²) in [7, 11) is 0. The van der Waals surface area contributed by atoms with Crippen molar-refractivity contribution in [1.82, 2.24) is 10.2 Å². The molecule has 1 fully saturated rings. The number of nitrogens with one attached hydrogen (secondary N) is 1. The minimum absolute atomic E-state index is 0.0114. The predicted molar refractivity (Wildman–Crippen MR) is 133 cm³/mol. The molecule has 35 heavy (non-hydrogen) atoms. The number of aliphatic carboxylic acids is 1. The van der Waals surface area contributed by atoms with E-state index in [1.807, 2.05) is 24.3 Å². The molecular weight excluding hydrogens is 444 g/mol. The van der Waals surface area contributed by atoms with Crippen LogP contribution in [0, 0.1) is 5.92 Å². The number of nitrogens with zero attached hydrogens (tertiary/aromatic N) is 1. The quantitative estimate of drug-likeness (QED) is 0.403. The molecule has 0 saturated heterocycles. The molecule has 2 aromatic rings. The van der Waals surface area contributed by atoms with Crippen molar-refractivity contribution in [1.29, 1.82) is 0 Å². The number of carbonyl (C=O) groups excluding carboxylic acids is 2. The van der Waals surface area contributed by atoms with E-state index >= 15 is 0 Å². The average molecular weight is 479 g/mol. The van der Waals surface area contributed by atoms with E-state index < -0.39 is 12.1 Å². The predicted octanol–water partition coefficient (Wildman–Crippen LogP) is 4.80. The molecule has 0 unspecified atom stereocenters. The Morgan fingerprint density at radius 1 is 0.914 bits per heavy atom. The van der Waals surface area contributed by atoms with Gasteiger partial charge in [0.05, 0.1) is 6.42 Å². The zero-order valence-electron chi connectivity index (χ0n) is 20.1. The lowest BCUT2D eigenvalue weighted by molar-refractivity contribution is -0.138. The molecule has 2 amide bonds. The number of carbonyl (C=O) groups is 3. The minimum Gasteiger partial charge on any atom is -0.481 e. The van der Waals surface area contributed by atoms with Gasteiger partial charge in [0.1, 0.15) is 6.61 Å². The van der Waals surface area contributed by atoms with Gasteiger partial charge in [-0.05, 0) is 53.9 Å². The van der Waals surface area contributed by atoms with Gasteiger partial charge in [-0.25, -0.2) is 4.79 Å². The number of carboxylic acid groups (broad SMARTS) is 1. The van der Waals surface area contributed by atoms with Crippen LogP contribution in [0.1, 0.15) is 62.0 Å². The highest BCUT2D eigenvalue weighted by Gasteiger charge is 2.29. The highest BCUT2D eigenvalue weighted by Crippen LogP contribution is 2.44. The van der Waals surface area contributed by atoms with Crippen LogP contribution in [-0.4, -0.2) is 54.2 Å². The fourth-order valence-electron chi connectivity index (χ4n) is 4.74. The van der Waals surface area contributed by atoms with Gasteiger partial charge >= 0.3 is 12.1 Å². The summed E-state index contributed by atoms with van der Waals surface area (Å²) in [5.74, 6) is -0.270. The van der Waals surface area contributed by atoms with E-state index in [-0.39, 0.29) is 24.8 Å². The Morgan fingerprint density at radius 2 is 1.57 bits per heavy atom. The van der Waals surface area contributed by atoms with Crippen LogP contribution < -0.4 is 5.32 Å². The first-order valence-corrected chi connectivity index (χ1v) is 12.6. The monoisotopic (exact) mass is 478 g/mol. The van der Waals surface area contributed by atoms with Crippen molar-refractivity contribution in [3.8, 4) is 11.1 Å². The van der Waals surface area contributed by atoms with Gasteiger partial charge in [0.25, 0.3) is 0 Å². The van der Waals surface area contributed by atoms with Crippen LogP contribution in [0.5, 0.6) is 0 Å². The highest BCUT2D eigenvalue weighted by atomic mass is 16.5. The number of fused-ring (bicyclic) bond motifs is 3. The van der Waals surface area contributed by atoms with Crippen LogP contribution in [0.4, 0.5) is 4.79 Å². The SMILES string of the molecule is O=C(O)CCN(CC1CC1)C(=O)CCCCCNC(=O)OCC1c2ccccc2-c2ccccc21. The Hall–Kier alpha value is -3.35. The van der Waals surface area contributed by atoms with Crippen LogP contribution in [0.2, 0.25) is 0 Å². The van der Waals surface area contributed by atoms with E-state index in [9.17, 15) is 14.4 Å². The molecule has 4 rings (SSSR count). The molecule has 0 bridgehead atoms. The summed E-state index contributed by atoms with van der Waals surface area (Å²) in [5, 5.41) is 11.7. The number of carboxylic acids is 1. The third kappa shape index (κ3) is 6.84. The smallest absolute Gasteiger partial charge is 0.407 e. The van der Waals surface area contributed by atoms with Crippen molar-refractivity contribution in [3.63, 3.8) is 0 Å². The Bertz CT molecular complexity index is 1000. The summed E-state index contributed by atoms with van der Waals surface area (Å²) in [6.45, 7) is 1.75. The maximum atomic E-state index is 12.5. The fraction of sp³-hybridized carbons (Fsp3) is 0.464. The second-order valence-corrected chi connectivity index (χ2v) is 9.49. The van der Waals surface area contributed by atoms with Gasteiger partial charge < -0.3 is 20.1 Å². The molecule has 2 aliphatic rings. The van der Waals surface area contributed by atoms with Crippen molar-refractivity contribution >= 4 is 18.0 Å². The standard InChI is InChI=1S/C28H34N2O5/c31-26(30(17-15-27(32)33)18-20-13-14-20)12-2-1-7-16-29-28(34)35-19-25-23-10-5-3-8-21(23)22-9-4-6-11-24(22)25/h3-6,8-11,20,25H,1-2,7,12-19H2,(H,29,34)(H,32,33). The highest BCUT2D eigenvalue weighted by molar-refractivity contribution is 5.79. The van der Waals surface area contributed by atoms with E-state index in [0.717, 1.165) is 32.1 Å². The van der Waals surface area contributed by atoms with E-state index in [1.54, 1.807) is 4.90 Å². The number of rotatable bonds is 13. The molecule has 0 atom stereocenters. The lowest BCUT2D eigenvalue weighted by Gasteiger charge is -2.22. The number of unbranched alkanes of at least 4 members (excludes halogenated alkanes) is 2. The molecule has 0 radical (unpaired) electrons. The molecule has 0 aliphatic heterocycles. The molecule has 0 heterocycles. The summed E-state index contributed by atoms with van der Waals surface area (Å²) < 4.78 is 5.55. The molecule has 2 aromatic carbocycles. The first-order valence-electron chi connectivity index (χ1n) is 12.6. The second kappa shape index (κ2) is 11.9. The van der Waals surface area contributed by atoms with E-state index in [4.69, 9.17) is 9.84 Å². The lowest BCUT2D eigenvalue weighted by atomic mass is 9.98. The van der Waals surface area contributed by atoms with Crippen LogP contribution in [-0.2, 0) is 14.3 Å². The normalized spacial score (nSPS) is 14.2. The van der Waals surface area contributed by atoms with E-state index in [2.05, 4.69) is 29.6 Å². The molecule has 7 heteroatoms. The molecular formula is C28H34N2O5. The van der Waals surface area contributed by atoms with Crippen LogP contribution >= 0.6 is 0 Å². The Labute approximate surface area is 206 Å². The summed E-state index contributed by atoms with van der Waals surface area (Å²) >= 11 is 0. The second-order valence-electron chi connectivity index (χ2n) is 9.49. The van der Waals surface area contributed by atoms with Gasteiger partial charge in [-0.2, -0.15) is 0 Å². The van der Waals surface area contributed by atoms with Gasteiger partial charge in [-0.3, -0.25) is 9.59 Å². The van der Waals surface area contributed by atoms with Crippen molar-refractivity contribution in [2.45, 2.75) is 50.9 Å². The minimum atomic E-state index is -0.877. The Morgan fingerprint density at radius 3 is 2.20 bits per heavy atom. The number of hydrogen-bond donors (Lipinski definition) is 2. The largest absolute Gasteiger partial charge is 0.481 e. The molecule has 2 N–H and O–H groups in total. The number of alkyl carbamates (subject to hydrolysis) is 1. The maximum absolute atomic E-state index is 12.5. The van der Waals surface area contributed by atoms with Crippen molar-refractivity contribution in [2.75, 3.05) is 26.2 Å². The van der Waals surface area contributed by atoms with E-state index in [0.29, 0.717) is 32.0 Å². The molecule has 0 spiro atoms. The molecule has 0 aromatic heterocycles. The Kier molecular flexibility index (Phi) is 8.40. The van der Waals surface area contributed by atoms with Gasteiger partial charge in [-0.1, -0.05) is 55.0 Å². The zero-order chi connectivity index (χ0) is 24.6. The Balaban J connectivity index is 1.13. The lowest BCUT2D eigenvalue weighted by Crippen LogP contribution is -2.34. The van der Waals surface area contributed by atoms with Gasteiger partial charge in [0.15, 0.2) is 0 Å². The number of benzene rings is 2. The summed E-state index contributed by atoms with van der Waals surface area (Å²) in [5.41, 5.74) is 4.77. The van der Waals surface area contributed by atoms with Crippen LogP contribution in [0.25, 0.3) is 11.1 Å². The maximum Gasteiger partial charge on any atom is 0.407 e. The average Bonchev–Trinajstić information content (AvgIpc) is 3.63. The summed E-state index contributed by atoms with van der Waals surface area (Å²) in [6.07, 6.45) is 4.52. The van der Waals surface area contributed by atoms with Crippen molar-refractivity contribution in [2.24, 2.45) is 5.92 Å². The summed E-state index contributed by atoms with van der Waals surface area (Å²) in [6, 6.07) is 16.5. The first-order chi connectivity index (χ1) is 17.0. The number of amides is 2. The third-order valence-electron chi connectivity index (χ3n) is 6.80. The van der Waals surface area contributed by atoms with E-state index in [1.165, 1.54) is 22.3 Å². The molecule has 7 nitrogen and oxygen atoms in total. The van der Waals surface area contributed by atoms with Crippen LogP contribution in [0.15, 0.2) is 48.5 Å². The molecule has 1 saturated carbocycles. The number of ether oxygens (including phenoxy) is 1. The third-order valence-corrected chi connectivity index (χ3v) is 6.80. The van der Waals surface area contributed by atoms with Gasteiger partial charge in [0, 0.05) is 32.0 Å². The van der Waals surface area contributed by atoms with Gasteiger partial charge in [-0.15, -0.1) is 0 Å². The van der Waals surface area contributed by atoms with Crippen LogP contribution in [0.3, 0.4) is 0 Å². The topological polar surface area (TPSA) is 95.9 Å². The van der Waals surface area contributed by atoms with Gasteiger partial charge in [0.2, 0.25) is 5.91 Å². The summed E-state index contributed by atoms with van der Waals surface area (Å²) in [4.78, 5) is 37.3. The number of hydrogen-bond acceptors (Lipinski definition) is 4. The fourth-order valence-corrected chi connectivity index (χ4v) is 4.74. The van der Waals surface area contributed by atoms with Crippen molar-refractivity contribution in [3.05, 3.63) is 59.7 Å².